The molecule has 0 bridgehead atoms. The Morgan fingerprint density at radius 3 is 2.47 bits per heavy atom. The molecular formula is C23H19N3O4. The normalized spacial score (nSPS) is 9.77. The van der Waals surface area contributed by atoms with Crippen molar-refractivity contribution >= 4 is 23.0 Å². The number of ether oxygens (including phenoxy) is 1. The first-order valence-corrected chi connectivity index (χ1v) is 9.08. The highest BCUT2D eigenvalue weighted by atomic mass is 16.6. The molecule has 0 aliphatic carbocycles. The second-order valence-corrected chi connectivity index (χ2v) is 6.24. The minimum Gasteiger partial charge on any atom is -0.494 e. The van der Waals surface area contributed by atoms with Gasteiger partial charge in [-0.15, -0.1) is 0 Å². The summed E-state index contributed by atoms with van der Waals surface area (Å²) in [6, 6.07) is 21.1. The fourth-order valence-corrected chi connectivity index (χ4v) is 2.65. The fourth-order valence-electron chi connectivity index (χ4n) is 2.65. The number of hydrogen-bond acceptors (Lipinski definition) is 5. The molecule has 30 heavy (non-hydrogen) atoms. The van der Waals surface area contributed by atoms with Crippen LogP contribution in [0.3, 0.4) is 0 Å². The Bertz CT molecular complexity index is 1120. The molecule has 0 fully saturated rings. The first kappa shape index (κ1) is 20.4. The van der Waals surface area contributed by atoms with Gasteiger partial charge in [-0.05, 0) is 36.4 Å². The zero-order valence-corrected chi connectivity index (χ0v) is 16.2. The van der Waals surface area contributed by atoms with Crippen LogP contribution >= 0.6 is 0 Å². The van der Waals surface area contributed by atoms with Crippen molar-refractivity contribution < 1.29 is 14.5 Å². The van der Waals surface area contributed by atoms with Gasteiger partial charge >= 0.3 is 0 Å². The van der Waals surface area contributed by atoms with Gasteiger partial charge < -0.3 is 15.4 Å². The lowest BCUT2D eigenvalue weighted by molar-refractivity contribution is -0.384. The Balaban J connectivity index is 1.61. The van der Waals surface area contributed by atoms with E-state index in [0.717, 1.165) is 16.8 Å². The number of carbonyl (C=O) groups is 1. The van der Waals surface area contributed by atoms with E-state index in [1.54, 1.807) is 0 Å². The molecule has 0 heterocycles. The Hall–Kier alpha value is -4.31. The van der Waals surface area contributed by atoms with Gasteiger partial charge in [0.15, 0.2) is 0 Å². The lowest BCUT2D eigenvalue weighted by Crippen LogP contribution is -2.22. The van der Waals surface area contributed by atoms with E-state index in [2.05, 4.69) is 22.5 Å². The van der Waals surface area contributed by atoms with Crippen LogP contribution in [0, 0.1) is 22.0 Å². The number of hydrogen-bond donors (Lipinski definition) is 2. The molecule has 1 amide bonds. The maximum absolute atomic E-state index is 12.3. The SMILES string of the molecule is COc1cc([N+](=O)[O-])ccc1NC(=O)CNc1cccc(C#Cc2ccccc2)c1. The Kier molecular flexibility index (Phi) is 6.64. The van der Waals surface area contributed by atoms with E-state index in [0.29, 0.717) is 5.69 Å². The topological polar surface area (TPSA) is 93.5 Å². The number of non-ortho nitro benzene ring substituents is 1. The first-order chi connectivity index (χ1) is 14.5. The summed E-state index contributed by atoms with van der Waals surface area (Å²) in [5.41, 5.74) is 2.74. The highest BCUT2D eigenvalue weighted by molar-refractivity contribution is 5.95. The smallest absolute Gasteiger partial charge is 0.273 e. The van der Waals surface area contributed by atoms with Crippen LogP contribution in [0.25, 0.3) is 0 Å². The standard InChI is InChI=1S/C23H19N3O4/c1-30-22-15-20(26(28)29)12-13-21(22)25-23(27)16-24-19-9-5-8-18(14-19)11-10-17-6-3-2-4-7-17/h2-9,12-15,24H,16H2,1H3,(H,25,27). The Morgan fingerprint density at radius 1 is 1.00 bits per heavy atom. The van der Waals surface area contributed by atoms with Gasteiger partial charge in [-0.1, -0.05) is 36.1 Å². The van der Waals surface area contributed by atoms with Gasteiger partial charge in [-0.2, -0.15) is 0 Å². The number of benzene rings is 3. The van der Waals surface area contributed by atoms with Crippen molar-refractivity contribution in [2.45, 2.75) is 0 Å². The molecule has 0 aromatic heterocycles. The first-order valence-electron chi connectivity index (χ1n) is 9.08. The van der Waals surface area contributed by atoms with Gasteiger partial charge in [-0.25, -0.2) is 0 Å². The van der Waals surface area contributed by atoms with Crippen LogP contribution in [0.5, 0.6) is 5.75 Å². The quantitative estimate of drug-likeness (QED) is 0.369. The molecule has 7 heteroatoms. The van der Waals surface area contributed by atoms with Crippen molar-refractivity contribution in [1.29, 1.82) is 0 Å². The number of methoxy groups -OCH3 is 1. The second kappa shape index (κ2) is 9.75. The van der Waals surface area contributed by atoms with Crippen molar-refractivity contribution in [3.05, 3.63) is 94.0 Å². The van der Waals surface area contributed by atoms with E-state index in [4.69, 9.17) is 4.74 Å². The van der Waals surface area contributed by atoms with Crippen molar-refractivity contribution in [2.24, 2.45) is 0 Å². The van der Waals surface area contributed by atoms with Crippen LogP contribution in [0.2, 0.25) is 0 Å². The van der Waals surface area contributed by atoms with Crippen LogP contribution in [0.4, 0.5) is 17.1 Å². The van der Waals surface area contributed by atoms with Gasteiger partial charge in [-0.3, -0.25) is 14.9 Å². The molecular weight excluding hydrogens is 382 g/mol. The Labute approximate surface area is 173 Å². The van der Waals surface area contributed by atoms with Crippen LogP contribution in [-0.2, 0) is 4.79 Å². The molecule has 3 aromatic carbocycles. The van der Waals surface area contributed by atoms with Crippen LogP contribution in [0.1, 0.15) is 11.1 Å². The largest absolute Gasteiger partial charge is 0.494 e. The molecule has 3 aromatic rings. The number of anilines is 2. The van der Waals surface area contributed by atoms with E-state index in [9.17, 15) is 14.9 Å². The summed E-state index contributed by atoms with van der Waals surface area (Å²) in [7, 11) is 1.38. The monoisotopic (exact) mass is 401 g/mol. The average Bonchev–Trinajstić information content (AvgIpc) is 2.77. The van der Waals surface area contributed by atoms with Crippen molar-refractivity contribution in [3.63, 3.8) is 0 Å². The summed E-state index contributed by atoms with van der Waals surface area (Å²) in [6.45, 7) is 0.00963. The fraction of sp³-hybridized carbons (Fsp3) is 0.0870. The number of nitrogens with zero attached hydrogens (tertiary/aromatic N) is 1. The molecule has 0 saturated heterocycles. The minimum absolute atomic E-state index is 0.00963. The Morgan fingerprint density at radius 2 is 1.73 bits per heavy atom. The number of nitro benzene ring substituents is 1. The van der Waals surface area contributed by atoms with E-state index >= 15 is 0 Å². The van der Waals surface area contributed by atoms with Gasteiger partial charge in [0.1, 0.15) is 5.75 Å². The van der Waals surface area contributed by atoms with E-state index in [1.807, 2.05) is 54.6 Å². The number of carbonyl (C=O) groups excluding carboxylic acids is 1. The molecule has 150 valence electrons. The van der Waals surface area contributed by atoms with Gasteiger partial charge in [0, 0.05) is 22.9 Å². The lowest BCUT2D eigenvalue weighted by Gasteiger charge is -2.11. The summed E-state index contributed by atoms with van der Waals surface area (Å²) in [5.74, 6) is 6.09. The van der Waals surface area contributed by atoms with Gasteiger partial charge in [0.05, 0.1) is 30.3 Å². The zero-order chi connectivity index (χ0) is 21.3. The van der Waals surface area contributed by atoms with E-state index in [1.165, 1.54) is 25.3 Å². The van der Waals surface area contributed by atoms with Gasteiger partial charge in [0.2, 0.25) is 5.91 Å². The molecule has 0 aliphatic rings. The summed E-state index contributed by atoms with van der Waals surface area (Å²) < 4.78 is 5.12. The molecule has 0 spiro atoms. The number of amides is 1. The van der Waals surface area contributed by atoms with Crippen LogP contribution in [-0.4, -0.2) is 24.5 Å². The molecule has 2 N–H and O–H groups in total. The third kappa shape index (κ3) is 5.59. The lowest BCUT2D eigenvalue weighted by atomic mass is 10.1. The van der Waals surface area contributed by atoms with E-state index in [-0.39, 0.29) is 23.9 Å². The van der Waals surface area contributed by atoms with Crippen LogP contribution in [0.15, 0.2) is 72.8 Å². The number of rotatable bonds is 6. The third-order valence-electron chi connectivity index (χ3n) is 4.11. The summed E-state index contributed by atoms with van der Waals surface area (Å²) in [6.07, 6.45) is 0. The van der Waals surface area contributed by atoms with Crippen molar-refractivity contribution in [3.8, 4) is 17.6 Å². The number of nitrogens with one attached hydrogen (secondary N) is 2. The predicted molar refractivity (Wildman–Crippen MR) is 116 cm³/mol. The maximum Gasteiger partial charge on any atom is 0.273 e. The molecule has 0 radical (unpaired) electrons. The maximum atomic E-state index is 12.3. The van der Waals surface area contributed by atoms with Crippen molar-refractivity contribution in [2.75, 3.05) is 24.3 Å². The highest BCUT2D eigenvalue weighted by Crippen LogP contribution is 2.28. The third-order valence-corrected chi connectivity index (χ3v) is 4.11. The zero-order valence-electron chi connectivity index (χ0n) is 16.2. The summed E-state index contributed by atoms with van der Waals surface area (Å²) in [4.78, 5) is 22.6. The van der Waals surface area contributed by atoms with Gasteiger partial charge in [0.25, 0.3) is 5.69 Å². The molecule has 0 atom stereocenters. The number of nitro groups is 1. The summed E-state index contributed by atoms with van der Waals surface area (Å²) in [5, 5.41) is 16.6. The predicted octanol–water partition coefficient (Wildman–Crippen LogP) is 4.05. The molecule has 7 nitrogen and oxygen atoms in total. The van der Waals surface area contributed by atoms with E-state index < -0.39 is 4.92 Å². The van der Waals surface area contributed by atoms with Crippen molar-refractivity contribution in [1.82, 2.24) is 0 Å². The summed E-state index contributed by atoms with van der Waals surface area (Å²) >= 11 is 0. The molecule has 0 unspecified atom stereocenters. The minimum atomic E-state index is -0.524. The second-order valence-electron chi connectivity index (χ2n) is 6.24. The molecule has 0 aliphatic heterocycles. The molecule has 3 rings (SSSR count). The molecule has 0 saturated carbocycles. The van der Waals surface area contributed by atoms with Crippen LogP contribution < -0.4 is 15.4 Å². The average molecular weight is 401 g/mol. The highest BCUT2D eigenvalue weighted by Gasteiger charge is 2.13.